The van der Waals surface area contributed by atoms with Crippen LogP contribution in [0.5, 0.6) is 5.75 Å². The predicted octanol–water partition coefficient (Wildman–Crippen LogP) is 2.61. The topological polar surface area (TPSA) is 76.4 Å². The van der Waals surface area contributed by atoms with Crippen LogP contribution in [0.15, 0.2) is 41.9 Å². The Hall–Kier alpha value is -2.64. The van der Waals surface area contributed by atoms with Gasteiger partial charge in [-0.2, -0.15) is 0 Å². The Morgan fingerprint density at radius 3 is 2.74 bits per heavy atom. The Kier molecular flexibility index (Phi) is 9.09. The molecule has 1 atom stereocenters. The zero-order valence-electron chi connectivity index (χ0n) is 16.1. The maximum Gasteiger partial charge on any atom is 0.191 e. The van der Waals surface area contributed by atoms with Gasteiger partial charge in [0.15, 0.2) is 5.96 Å². The van der Waals surface area contributed by atoms with Gasteiger partial charge >= 0.3 is 0 Å². The number of nitrogens with one attached hydrogen (secondary N) is 2. The molecule has 0 saturated heterocycles. The molecule has 0 bridgehead atoms. The normalized spacial score (nSPS) is 12.6. The van der Waals surface area contributed by atoms with Gasteiger partial charge in [0.2, 0.25) is 0 Å². The molecule has 148 valence electrons. The van der Waals surface area contributed by atoms with E-state index in [1.807, 2.05) is 18.4 Å². The van der Waals surface area contributed by atoms with Crippen molar-refractivity contribution in [2.45, 2.75) is 45.8 Å². The van der Waals surface area contributed by atoms with Gasteiger partial charge in [0.25, 0.3) is 0 Å². The third-order valence-electron chi connectivity index (χ3n) is 3.95. The van der Waals surface area contributed by atoms with Crippen LogP contribution in [0.2, 0.25) is 0 Å². The lowest BCUT2D eigenvalue weighted by Gasteiger charge is -2.17. The molecule has 2 N–H and O–H groups in total. The lowest BCUT2D eigenvalue weighted by Crippen LogP contribution is -2.38. The molecule has 2 aromatic rings. The summed E-state index contributed by atoms with van der Waals surface area (Å²) in [7, 11) is 0. The molecule has 0 radical (unpaired) electrons. The molecule has 1 heterocycles. The fourth-order valence-electron chi connectivity index (χ4n) is 2.48. The Morgan fingerprint density at radius 2 is 2.04 bits per heavy atom. The smallest absolute Gasteiger partial charge is 0.191 e. The van der Waals surface area contributed by atoms with Gasteiger partial charge in [-0.3, -0.25) is 0 Å². The number of halogens is 1. The van der Waals surface area contributed by atoms with E-state index in [2.05, 4.69) is 25.8 Å². The zero-order chi connectivity index (χ0) is 19.3. The van der Waals surface area contributed by atoms with Crippen molar-refractivity contribution >= 4 is 5.96 Å². The molecular formula is C19H29FN6O. The van der Waals surface area contributed by atoms with Gasteiger partial charge in [-0.15, -0.1) is 10.2 Å². The molecule has 1 aromatic heterocycles. The molecule has 1 unspecified atom stereocenters. The van der Waals surface area contributed by atoms with Crippen LogP contribution in [-0.4, -0.2) is 46.5 Å². The second kappa shape index (κ2) is 11.9. The minimum atomic E-state index is -0.299. The number of rotatable bonds is 11. The highest BCUT2D eigenvalue weighted by molar-refractivity contribution is 5.79. The summed E-state index contributed by atoms with van der Waals surface area (Å²) in [6, 6.07) is 6.20. The Labute approximate surface area is 160 Å². The molecular weight excluding hydrogens is 347 g/mol. The van der Waals surface area contributed by atoms with Crippen molar-refractivity contribution in [1.29, 1.82) is 0 Å². The van der Waals surface area contributed by atoms with Crippen LogP contribution in [0.3, 0.4) is 0 Å². The quantitative estimate of drug-likeness (QED) is 0.358. The average molecular weight is 376 g/mol. The lowest BCUT2D eigenvalue weighted by atomic mass is 10.2. The largest absolute Gasteiger partial charge is 0.488 e. The van der Waals surface area contributed by atoms with Crippen molar-refractivity contribution in [1.82, 2.24) is 25.4 Å². The number of benzene rings is 1. The number of ether oxygens (including phenoxy) is 1. The van der Waals surface area contributed by atoms with E-state index in [1.54, 1.807) is 24.8 Å². The van der Waals surface area contributed by atoms with Crippen LogP contribution >= 0.6 is 0 Å². The van der Waals surface area contributed by atoms with Gasteiger partial charge in [0.05, 0.1) is 6.54 Å². The first-order valence-corrected chi connectivity index (χ1v) is 9.48. The number of aliphatic imine (C=N–C) groups is 1. The summed E-state index contributed by atoms with van der Waals surface area (Å²) in [5.74, 6) is 0.999. The Morgan fingerprint density at radius 1 is 1.22 bits per heavy atom. The third kappa shape index (κ3) is 8.06. The van der Waals surface area contributed by atoms with E-state index in [9.17, 15) is 4.39 Å². The molecule has 0 spiro atoms. The Bertz CT molecular complexity index is 677. The first kappa shape index (κ1) is 20.7. The van der Waals surface area contributed by atoms with Gasteiger partial charge in [-0.1, -0.05) is 13.0 Å². The molecule has 2 rings (SSSR count). The summed E-state index contributed by atoms with van der Waals surface area (Å²) in [5.41, 5.74) is 0. The van der Waals surface area contributed by atoms with Gasteiger partial charge in [-0.05, 0) is 38.3 Å². The van der Waals surface area contributed by atoms with E-state index in [0.29, 0.717) is 12.3 Å². The predicted molar refractivity (Wildman–Crippen MR) is 104 cm³/mol. The second-order valence-electron chi connectivity index (χ2n) is 6.16. The fourth-order valence-corrected chi connectivity index (χ4v) is 2.48. The number of aromatic nitrogens is 3. The van der Waals surface area contributed by atoms with Crippen molar-refractivity contribution < 1.29 is 9.13 Å². The number of hydrogen-bond acceptors (Lipinski definition) is 4. The maximum absolute atomic E-state index is 13.3. The summed E-state index contributed by atoms with van der Waals surface area (Å²) in [6.07, 6.45) is 6.18. The van der Waals surface area contributed by atoms with Crippen molar-refractivity contribution in [3.05, 3.63) is 42.7 Å². The van der Waals surface area contributed by atoms with Crippen molar-refractivity contribution in [2.24, 2.45) is 4.99 Å². The number of unbranched alkanes of at least 4 members (excludes halogenated alkanes) is 1. The van der Waals surface area contributed by atoms with Crippen molar-refractivity contribution in [3.8, 4) is 5.75 Å². The molecule has 0 aliphatic rings. The summed E-state index contributed by atoms with van der Waals surface area (Å²) < 4.78 is 21.1. The summed E-state index contributed by atoms with van der Waals surface area (Å²) >= 11 is 0. The van der Waals surface area contributed by atoms with Gasteiger partial charge in [-0.25, -0.2) is 9.38 Å². The molecule has 0 saturated carbocycles. The second-order valence-corrected chi connectivity index (χ2v) is 6.16. The average Bonchev–Trinajstić information content (AvgIpc) is 3.18. The summed E-state index contributed by atoms with van der Waals surface area (Å²) in [4.78, 5) is 4.60. The highest BCUT2D eigenvalue weighted by Gasteiger charge is 2.09. The van der Waals surface area contributed by atoms with E-state index < -0.39 is 0 Å². The number of nitrogens with zero attached hydrogens (tertiary/aromatic N) is 4. The standard InChI is InChI=1S/C19H29FN6O/c1-3-17(27-18-9-7-8-16(20)12-18)13-23-19(21-4-2)22-10-5-6-11-26-14-24-25-15-26/h7-9,12,14-15,17H,3-6,10-11,13H2,1-2H3,(H2,21,22,23). The number of hydrogen-bond donors (Lipinski definition) is 2. The molecule has 0 amide bonds. The fraction of sp³-hybridized carbons (Fsp3) is 0.526. The molecule has 0 aliphatic heterocycles. The number of aryl methyl sites for hydroxylation is 1. The first-order chi connectivity index (χ1) is 13.2. The molecule has 8 heteroatoms. The SMILES string of the molecule is CCNC(=NCC(CC)Oc1cccc(F)c1)NCCCCn1cnnc1. The lowest BCUT2D eigenvalue weighted by molar-refractivity contribution is 0.205. The van der Waals surface area contributed by atoms with Gasteiger partial charge in [0.1, 0.15) is 30.3 Å². The summed E-state index contributed by atoms with van der Waals surface area (Å²) in [5, 5.41) is 14.2. The number of guanidine groups is 1. The zero-order valence-corrected chi connectivity index (χ0v) is 16.1. The summed E-state index contributed by atoms with van der Waals surface area (Å²) in [6.45, 7) is 7.09. The van der Waals surface area contributed by atoms with E-state index >= 15 is 0 Å². The molecule has 7 nitrogen and oxygen atoms in total. The highest BCUT2D eigenvalue weighted by Crippen LogP contribution is 2.15. The minimum Gasteiger partial charge on any atom is -0.488 e. The third-order valence-corrected chi connectivity index (χ3v) is 3.95. The van der Waals surface area contributed by atoms with Crippen molar-refractivity contribution in [2.75, 3.05) is 19.6 Å². The van der Waals surface area contributed by atoms with E-state index in [4.69, 9.17) is 4.74 Å². The molecule has 0 fully saturated rings. The molecule has 0 aliphatic carbocycles. The molecule has 1 aromatic carbocycles. The van der Waals surface area contributed by atoms with Crippen LogP contribution < -0.4 is 15.4 Å². The van der Waals surface area contributed by atoms with Gasteiger partial charge in [0, 0.05) is 25.7 Å². The van der Waals surface area contributed by atoms with E-state index in [-0.39, 0.29) is 11.9 Å². The van der Waals surface area contributed by atoms with Crippen LogP contribution in [0, 0.1) is 5.82 Å². The maximum atomic E-state index is 13.3. The monoisotopic (exact) mass is 376 g/mol. The highest BCUT2D eigenvalue weighted by atomic mass is 19.1. The van der Waals surface area contributed by atoms with E-state index in [0.717, 1.165) is 44.9 Å². The minimum absolute atomic E-state index is 0.101. The van der Waals surface area contributed by atoms with Crippen molar-refractivity contribution in [3.63, 3.8) is 0 Å². The van der Waals surface area contributed by atoms with Crippen LogP contribution in [0.25, 0.3) is 0 Å². The first-order valence-electron chi connectivity index (χ1n) is 9.48. The van der Waals surface area contributed by atoms with Crippen LogP contribution in [0.1, 0.15) is 33.1 Å². The van der Waals surface area contributed by atoms with Gasteiger partial charge < -0.3 is 19.9 Å². The molecule has 27 heavy (non-hydrogen) atoms. The van der Waals surface area contributed by atoms with E-state index in [1.165, 1.54) is 12.1 Å². The Balaban J connectivity index is 1.76. The van der Waals surface area contributed by atoms with Crippen LogP contribution in [0.4, 0.5) is 4.39 Å². The van der Waals surface area contributed by atoms with Crippen LogP contribution in [-0.2, 0) is 6.54 Å².